The van der Waals surface area contributed by atoms with Crippen LogP contribution in [0.4, 0.5) is 0 Å². The van der Waals surface area contributed by atoms with Crippen molar-refractivity contribution in [3.63, 3.8) is 0 Å². The number of hydrogen-bond acceptors (Lipinski definition) is 5. The number of rotatable bonds is 0. The summed E-state index contributed by atoms with van der Waals surface area (Å²) in [6.45, 7) is 2.83. The van der Waals surface area contributed by atoms with E-state index < -0.39 is 23.8 Å². The Balaban J connectivity index is 2.86. The van der Waals surface area contributed by atoms with Crippen LogP contribution < -0.4 is 0 Å². The van der Waals surface area contributed by atoms with Crippen molar-refractivity contribution >= 4 is 11.9 Å². The van der Waals surface area contributed by atoms with E-state index in [1.54, 1.807) is 0 Å². The van der Waals surface area contributed by atoms with E-state index in [9.17, 15) is 9.59 Å². The first-order valence-corrected chi connectivity index (χ1v) is 3.26. The van der Waals surface area contributed by atoms with Gasteiger partial charge in [-0.2, -0.15) is 0 Å². The molecule has 0 aliphatic carbocycles. The van der Waals surface area contributed by atoms with E-state index in [1.165, 1.54) is 13.8 Å². The fourth-order valence-corrected chi connectivity index (χ4v) is 0.807. The minimum absolute atomic E-state index is 0.904. The Morgan fingerprint density at radius 2 is 1.75 bits per heavy atom. The Labute approximate surface area is 68.1 Å². The summed E-state index contributed by atoms with van der Waals surface area (Å²) in [5, 5.41) is 8.23. The van der Waals surface area contributed by atoms with Crippen LogP contribution in [0.15, 0.2) is 0 Å². The molecule has 0 saturated carbocycles. The zero-order valence-corrected chi connectivity index (χ0v) is 6.60. The lowest BCUT2D eigenvalue weighted by Crippen LogP contribution is -2.47. The van der Waals surface area contributed by atoms with E-state index in [1.807, 2.05) is 0 Å². The van der Waals surface area contributed by atoms with Gasteiger partial charge in [0.15, 0.2) is 0 Å². The van der Waals surface area contributed by atoms with Crippen LogP contribution in [0.3, 0.4) is 0 Å². The van der Waals surface area contributed by atoms with Gasteiger partial charge in [-0.3, -0.25) is 0 Å². The molecule has 1 saturated heterocycles. The van der Waals surface area contributed by atoms with Crippen molar-refractivity contribution in [1.29, 1.82) is 5.39 Å². The number of ether oxygens (including phenoxy) is 2. The van der Waals surface area contributed by atoms with Crippen molar-refractivity contribution in [2.75, 3.05) is 0 Å². The highest BCUT2D eigenvalue weighted by Crippen LogP contribution is 2.20. The van der Waals surface area contributed by atoms with Gasteiger partial charge in [0.2, 0.25) is 5.39 Å². The van der Waals surface area contributed by atoms with E-state index in [0.717, 1.165) is 0 Å². The third kappa shape index (κ3) is 1.34. The van der Waals surface area contributed by atoms with Crippen LogP contribution in [0.5, 0.6) is 0 Å². The molecule has 0 radical (unpaired) electrons. The van der Waals surface area contributed by atoms with Gasteiger partial charge in [-0.05, 0) is 0 Å². The molecule has 6 heteroatoms. The summed E-state index contributed by atoms with van der Waals surface area (Å²) < 4.78 is 9.22. The topological polar surface area (TPSA) is 80.8 Å². The Morgan fingerprint density at radius 3 is 2.08 bits per heavy atom. The Bertz CT molecular complexity index is 258. The smallest absolute Gasteiger partial charge is 0.417 e. The van der Waals surface area contributed by atoms with Crippen LogP contribution in [0.1, 0.15) is 13.8 Å². The quantitative estimate of drug-likeness (QED) is 0.292. The van der Waals surface area contributed by atoms with Crippen molar-refractivity contribution in [3.05, 3.63) is 4.98 Å². The molecule has 0 atom stereocenters. The number of nitrogens with zero attached hydrogens (tertiary/aromatic N) is 2. The average molecular weight is 171 g/mol. The molecule has 0 bridgehead atoms. The maximum atomic E-state index is 10.9. The standard InChI is InChI=1S/C6H7N2O4/c1-6(2)11-4(9)3(8-7)5(10)12-6/h3H,1-2H3/q+1. The van der Waals surface area contributed by atoms with E-state index in [4.69, 9.17) is 5.39 Å². The number of hydrogen-bond donors (Lipinski definition) is 0. The maximum absolute atomic E-state index is 10.9. The van der Waals surface area contributed by atoms with Crippen LogP contribution >= 0.6 is 0 Å². The molecule has 0 N–H and O–H groups in total. The largest absolute Gasteiger partial charge is 0.501 e. The molecule has 0 aromatic carbocycles. The molecule has 1 heterocycles. The maximum Gasteiger partial charge on any atom is 0.501 e. The van der Waals surface area contributed by atoms with Gasteiger partial charge in [-0.25, -0.2) is 9.59 Å². The Morgan fingerprint density at radius 1 is 1.33 bits per heavy atom. The summed E-state index contributed by atoms with van der Waals surface area (Å²) in [5.41, 5.74) is 0. The highest BCUT2D eigenvalue weighted by Gasteiger charge is 2.52. The normalized spacial score (nSPS) is 22.4. The van der Waals surface area contributed by atoms with Gasteiger partial charge in [-0.1, -0.05) is 0 Å². The minimum atomic E-state index is -1.56. The molecule has 12 heavy (non-hydrogen) atoms. The predicted molar refractivity (Wildman–Crippen MR) is 35.1 cm³/mol. The van der Waals surface area contributed by atoms with Crippen molar-refractivity contribution in [2.24, 2.45) is 0 Å². The second-order valence-corrected chi connectivity index (χ2v) is 2.76. The van der Waals surface area contributed by atoms with E-state index >= 15 is 0 Å². The SMILES string of the molecule is CC1(C)OC(=O)C([N+]#N)C(=O)O1. The number of esters is 2. The highest BCUT2D eigenvalue weighted by molar-refractivity contribution is 6.02. The molecule has 6 nitrogen and oxygen atoms in total. The van der Waals surface area contributed by atoms with Gasteiger partial charge in [0, 0.05) is 13.8 Å². The zero-order valence-electron chi connectivity index (χ0n) is 6.60. The molecule has 1 fully saturated rings. The third-order valence-electron chi connectivity index (χ3n) is 1.25. The first-order chi connectivity index (χ1) is 5.46. The molecular weight excluding hydrogens is 164 g/mol. The average Bonchev–Trinajstić information content (AvgIpc) is 1.82. The highest BCUT2D eigenvalue weighted by atomic mass is 16.7. The third-order valence-corrected chi connectivity index (χ3v) is 1.25. The minimum Gasteiger partial charge on any atom is -0.417 e. The summed E-state index contributed by atoms with van der Waals surface area (Å²) in [4.78, 5) is 24.3. The van der Waals surface area contributed by atoms with Crippen LogP contribution in [-0.4, -0.2) is 23.8 Å². The van der Waals surface area contributed by atoms with E-state index in [0.29, 0.717) is 0 Å². The van der Waals surface area contributed by atoms with Gasteiger partial charge in [0.1, 0.15) is 4.98 Å². The lowest BCUT2D eigenvalue weighted by atomic mass is 10.2. The molecular formula is C6H7N2O4+. The van der Waals surface area contributed by atoms with Crippen LogP contribution in [0.25, 0.3) is 4.98 Å². The van der Waals surface area contributed by atoms with Crippen molar-refractivity contribution < 1.29 is 19.1 Å². The Kier molecular flexibility index (Phi) is 1.72. The summed E-state index contributed by atoms with van der Waals surface area (Å²) in [6, 6.07) is -1.56. The van der Waals surface area contributed by atoms with Crippen molar-refractivity contribution in [2.45, 2.75) is 25.7 Å². The van der Waals surface area contributed by atoms with Crippen molar-refractivity contribution in [3.8, 4) is 0 Å². The summed E-state index contributed by atoms with van der Waals surface area (Å²) in [6.07, 6.45) is 0. The number of carbonyl (C=O) groups excluding carboxylic acids is 2. The van der Waals surface area contributed by atoms with Crippen LogP contribution in [0.2, 0.25) is 0 Å². The fraction of sp³-hybridized carbons (Fsp3) is 0.667. The van der Waals surface area contributed by atoms with Gasteiger partial charge >= 0.3 is 18.0 Å². The lowest BCUT2D eigenvalue weighted by molar-refractivity contribution is -0.232. The lowest BCUT2D eigenvalue weighted by Gasteiger charge is -2.27. The van der Waals surface area contributed by atoms with E-state index in [2.05, 4.69) is 14.4 Å². The second kappa shape index (κ2) is 2.44. The molecule has 0 aromatic rings. The molecule has 1 aliphatic heterocycles. The first-order valence-electron chi connectivity index (χ1n) is 3.26. The second-order valence-electron chi connectivity index (χ2n) is 2.76. The number of diazo groups is 1. The van der Waals surface area contributed by atoms with Crippen LogP contribution in [-0.2, 0) is 19.1 Å². The molecule has 0 spiro atoms. The number of cyclic esters (lactones) is 2. The van der Waals surface area contributed by atoms with Gasteiger partial charge in [0.05, 0.1) is 0 Å². The number of carbonyl (C=O) groups is 2. The summed E-state index contributed by atoms with van der Waals surface area (Å²) in [5.74, 6) is -3.08. The molecule has 0 amide bonds. The monoisotopic (exact) mass is 171 g/mol. The van der Waals surface area contributed by atoms with Gasteiger partial charge in [-0.15, -0.1) is 0 Å². The predicted octanol–water partition coefficient (Wildman–Crippen LogP) is 0.0442. The molecule has 1 aliphatic rings. The summed E-state index contributed by atoms with van der Waals surface area (Å²) >= 11 is 0. The first kappa shape index (κ1) is 8.46. The van der Waals surface area contributed by atoms with Gasteiger partial charge < -0.3 is 9.47 Å². The van der Waals surface area contributed by atoms with Gasteiger partial charge in [0.25, 0.3) is 5.79 Å². The molecule has 64 valence electrons. The van der Waals surface area contributed by atoms with Crippen molar-refractivity contribution in [1.82, 2.24) is 0 Å². The fourth-order valence-electron chi connectivity index (χ4n) is 0.807. The Hall–Kier alpha value is -1.64. The molecule has 0 aromatic heterocycles. The zero-order chi connectivity index (χ0) is 9.35. The van der Waals surface area contributed by atoms with E-state index in [-0.39, 0.29) is 0 Å². The molecule has 1 rings (SSSR count). The van der Waals surface area contributed by atoms with Crippen LogP contribution in [0, 0.1) is 5.39 Å². The molecule has 0 unspecified atom stereocenters. The summed E-state index contributed by atoms with van der Waals surface area (Å²) in [7, 11) is 0.